The van der Waals surface area contributed by atoms with E-state index >= 15 is 0 Å². The molecule has 0 amide bonds. The number of aromatic nitrogens is 1. The first-order valence-corrected chi connectivity index (χ1v) is 3.77. The van der Waals surface area contributed by atoms with E-state index in [4.69, 9.17) is 5.26 Å². The summed E-state index contributed by atoms with van der Waals surface area (Å²) in [6.45, 7) is 1.97. The summed E-state index contributed by atoms with van der Waals surface area (Å²) < 4.78 is 0. The molecule has 1 heterocycles. The Kier molecular flexibility index (Phi) is 2.78. The van der Waals surface area contributed by atoms with Crippen molar-refractivity contribution >= 4 is 0 Å². The summed E-state index contributed by atoms with van der Waals surface area (Å²) in [6, 6.07) is 3.81. The maximum absolute atomic E-state index is 8.76. The fraction of sp³-hybridized carbons (Fsp3) is 0.333. The second-order valence-corrected chi connectivity index (χ2v) is 2.58. The molecule has 62 valence electrons. The van der Waals surface area contributed by atoms with Gasteiger partial charge in [-0.05, 0) is 25.6 Å². The van der Waals surface area contributed by atoms with Gasteiger partial charge in [-0.1, -0.05) is 0 Å². The first-order valence-electron chi connectivity index (χ1n) is 3.77. The van der Waals surface area contributed by atoms with Gasteiger partial charge in [0.25, 0.3) is 0 Å². The SMILES string of the molecule is CNC(C#N)c1cnccc1C. The van der Waals surface area contributed by atoms with Gasteiger partial charge in [0.05, 0.1) is 6.07 Å². The van der Waals surface area contributed by atoms with Crippen LogP contribution in [0.4, 0.5) is 0 Å². The van der Waals surface area contributed by atoms with Gasteiger partial charge in [0.2, 0.25) is 0 Å². The van der Waals surface area contributed by atoms with Crippen LogP contribution in [0.2, 0.25) is 0 Å². The molecule has 0 aliphatic carbocycles. The molecule has 1 unspecified atom stereocenters. The molecular formula is C9H11N3. The molecule has 0 fully saturated rings. The Hall–Kier alpha value is -1.40. The molecule has 0 bridgehead atoms. The fourth-order valence-corrected chi connectivity index (χ4v) is 1.07. The van der Waals surface area contributed by atoms with Crippen LogP contribution in [-0.4, -0.2) is 12.0 Å². The van der Waals surface area contributed by atoms with Gasteiger partial charge in [-0.3, -0.25) is 4.98 Å². The van der Waals surface area contributed by atoms with E-state index in [9.17, 15) is 0 Å². The number of aryl methyl sites for hydroxylation is 1. The predicted octanol–water partition coefficient (Wildman–Crippen LogP) is 1.17. The average molecular weight is 161 g/mol. The standard InChI is InChI=1S/C9H11N3/c1-7-3-4-12-6-8(7)9(5-10)11-2/h3-4,6,9,11H,1-2H3. The number of hydrogen-bond donors (Lipinski definition) is 1. The maximum atomic E-state index is 8.76. The Balaban J connectivity index is 3.02. The van der Waals surface area contributed by atoms with E-state index in [1.54, 1.807) is 19.4 Å². The first kappa shape index (κ1) is 8.69. The Morgan fingerprint density at radius 1 is 1.67 bits per heavy atom. The highest BCUT2D eigenvalue weighted by Gasteiger charge is 2.09. The summed E-state index contributed by atoms with van der Waals surface area (Å²) in [7, 11) is 1.76. The lowest BCUT2D eigenvalue weighted by atomic mass is 10.1. The number of nitrogens with zero attached hydrogens (tertiary/aromatic N) is 2. The van der Waals surface area contributed by atoms with Gasteiger partial charge >= 0.3 is 0 Å². The lowest BCUT2D eigenvalue weighted by molar-refractivity contribution is 0.719. The quantitative estimate of drug-likeness (QED) is 0.708. The van der Waals surface area contributed by atoms with E-state index in [1.165, 1.54) is 0 Å². The minimum Gasteiger partial charge on any atom is -0.301 e. The molecule has 1 rings (SSSR count). The Morgan fingerprint density at radius 3 is 2.92 bits per heavy atom. The van der Waals surface area contributed by atoms with Crippen molar-refractivity contribution in [2.24, 2.45) is 0 Å². The van der Waals surface area contributed by atoms with Crippen molar-refractivity contribution in [3.05, 3.63) is 29.6 Å². The Morgan fingerprint density at radius 2 is 2.42 bits per heavy atom. The van der Waals surface area contributed by atoms with E-state index in [0.717, 1.165) is 11.1 Å². The van der Waals surface area contributed by atoms with Crippen LogP contribution in [-0.2, 0) is 0 Å². The first-order chi connectivity index (χ1) is 5.79. The maximum Gasteiger partial charge on any atom is 0.122 e. The summed E-state index contributed by atoms with van der Waals surface area (Å²) in [5.41, 5.74) is 2.04. The zero-order chi connectivity index (χ0) is 8.97. The van der Waals surface area contributed by atoms with Crippen molar-refractivity contribution in [1.82, 2.24) is 10.3 Å². The van der Waals surface area contributed by atoms with Gasteiger partial charge in [-0.25, -0.2) is 0 Å². The minimum absolute atomic E-state index is 0.251. The molecular weight excluding hydrogens is 150 g/mol. The molecule has 1 aromatic rings. The zero-order valence-electron chi connectivity index (χ0n) is 7.20. The van der Waals surface area contributed by atoms with Crippen LogP contribution in [0.1, 0.15) is 17.2 Å². The summed E-state index contributed by atoms with van der Waals surface area (Å²) in [5, 5.41) is 11.7. The Labute approximate surface area is 72.1 Å². The van der Waals surface area contributed by atoms with Crippen LogP contribution in [0.15, 0.2) is 18.5 Å². The van der Waals surface area contributed by atoms with Crippen LogP contribution in [0, 0.1) is 18.3 Å². The normalized spacial score (nSPS) is 12.1. The third kappa shape index (κ3) is 1.60. The molecule has 0 radical (unpaired) electrons. The number of pyridine rings is 1. The number of nitriles is 1. The molecule has 0 saturated carbocycles. The summed E-state index contributed by atoms with van der Waals surface area (Å²) in [5.74, 6) is 0. The van der Waals surface area contributed by atoms with Crippen molar-refractivity contribution < 1.29 is 0 Å². The van der Waals surface area contributed by atoms with Crippen LogP contribution >= 0.6 is 0 Å². The second kappa shape index (κ2) is 3.84. The van der Waals surface area contributed by atoms with E-state index in [1.807, 2.05) is 13.0 Å². The van der Waals surface area contributed by atoms with E-state index in [2.05, 4.69) is 16.4 Å². The average Bonchev–Trinajstić information content (AvgIpc) is 2.10. The molecule has 1 atom stereocenters. The van der Waals surface area contributed by atoms with E-state index in [-0.39, 0.29) is 6.04 Å². The highest BCUT2D eigenvalue weighted by atomic mass is 14.9. The van der Waals surface area contributed by atoms with Crippen LogP contribution in [0.5, 0.6) is 0 Å². The molecule has 0 spiro atoms. The van der Waals surface area contributed by atoms with Crippen LogP contribution in [0.25, 0.3) is 0 Å². The third-order valence-corrected chi connectivity index (χ3v) is 1.81. The molecule has 0 aliphatic heterocycles. The highest BCUT2D eigenvalue weighted by molar-refractivity contribution is 5.28. The Bertz CT molecular complexity index is 301. The molecule has 0 saturated heterocycles. The molecule has 3 nitrogen and oxygen atoms in total. The van der Waals surface area contributed by atoms with Crippen molar-refractivity contribution in [3.8, 4) is 6.07 Å². The third-order valence-electron chi connectivity index (χ3n) is 1.81. The fourth-order valence-electron chi connectivity index (χ4n) is 1.07. The largest absolute Gasteiger partial charge is 0.301 e. The van der Waals surface area contributed by atoms with Gasteiger partial charge in [0.15, 0.2) is 0 Å². The number of hydrogen-bond acceptors (Lipinski definition) is 3. The minimum atomic E-state index is -0.251. The molecule has 12 heavy (non-hydrogen) atoms. The van der Waals surface area contributed by atoms with Crippen LogP contribution < -0.4 is 5.32 Å². The van der Waals surface area contributed by atoms with Gasteiger partial charge in [0.1, 0.15) is 6.04 Å². The van der Waals surface area contributed by atoms with E-state index < -0.39 is 0 Å². The zero-order valence-corrected chi connectivity index (χ0v) is 7.20. The van der Waals surface area contributed by atoms with Gasteiger partial charge < -0.3 is 5.32 Å². The van der Waals surface area contributed by atoms with Crippen molar-refractivity contribution in [2.75, 3.05) is 7.05 Å². The topological polar surface area (TPSA) is 48.7 Å². The lowest BCUT2D eigenvalue weighted by Gasteiger charge is -2.09. The van der Waals surface area contributed by atoms with E-state index in [0.29, 0.717) is 0 Å². The summed E-state index contributed by atoms with van der Waals surface area (Å²) in [6.07, 6.45) is 3.45. The predicted molar refractivity (Wildman–Crippen MR) is 46.4 cm³/mol. The second-order valence-electron chi connectivity index (χ2n) is 2.58. The van der Waals surface area contributed by atoms with Gasteiger partial charge in [-0.2, -0.15) is 5.26 Å². The smallest absolute Gasteiger partial charge is 0.122 e. The monoisotopic (exact) mass is 161 g/mol. The van der Waals surface area contributed by atoms with Crippen molar-refractivity contribution in [3.63, 3.8) is 0 Å². The van der Waals surface area contributed by atoms with Crippen molar-refractivity contribution in [2.45, 2.75) is 13.0 Å². The number of nitrogens with one attached hydrogen (secondary N) is 1. The summed E-state index contributed by atoms with van der Waals surface area (Å²) >= 11 is 0. The lowest BCUT2D eigenvalue weighted by Crippen LogP contribution is -2.15. The molecule has 0 aliphatic rings. The molecule has 1 aromatic heterocycles. The summed E-state index contributed by atoms with van der Waals surface area (Å²) in [4.78, 5) is 3.97. The molecule has 1 N–H and O–H groups in total. The molecule has 0 aromatic carbocycles. The number of rotatable bonds is 2. The van der Waals surface area contributed by atoms with Crippen LogP contribution in [0.3, 0.4) is 0 Å². The molecule has 3 heteroatoms. The van der Waals surface area contributed by atoms with Gasteiger partial charge in [0, 0.05) is 18.0 Å². The van der Waals surface area contributed by atoms with Gasteiger partial charge in [-0.15, -0.1) is 0 Å². The van der Waals surface area contributed by atoms with Crippen molar-refractivity contribution in [1.29, 1.82) is 5.26 Å². The highest BCUT2D eigenvalue weighted by Crippen LogP contribution is 2.14.